The Morgan fingerprint density at radius 1 is 1.00 bits per heavy atom. The van der Waals surface area contributed by atoms with E-state index in [9.17, 15) is 0 Å². The standard InChI is InChI=1S/C14H27Cl/c1-4-7-9-11-13(14(15)6-3)12-10-8-5-2/h6,13H,4-5,7-12H2,1-3H3. The number of hydrogen-bond donors (Lipinski definition) is 0. The van der Waals surface area contributed by atoms with Crippen molar-refractivity contribution in [3.8, 4) is 0 Å². The van der Waals surface area contributed by atoms with Gasteiger partial charge < -0.3 is 0 Å². The van der Waals surface area contributed by atoms with Crippen LogP contribution in [0.3, 0.4) is 0 Å². The molecule has 0 nitrogen and oxygen atoms in total. The number of unbranched alkanes of at least 4 members (excludes halogenated alkanes) is 4. The van der Waals surface area contributed by atoms with Crippen molar-refractivity contribution in [2.45, 2.75) is 72.1 Å². The van der Waals surface area contributed by atoms with Crippen LogP contribution in [0, 0.1) is 5.92 Å². The Morgan fingerprint density at radius 2 is 1.47 bits per heavy atom. The van der Waals surface area contributed by atoms with E-state index in [0.29, 0.717) is 5.92 Å². The molecule has 0 spiro atoms. The van der Waals surface area contributed by atoms with Gasteiger partial charge in [0.2, 0.25) is 0 Å². The predicted molar refractivity (Wildman–Crippen MR) is 71.4 cm³/mol. The van der Waals surface area contributed by atoms with E-state index < -0.39 is 0 Å². The third-order valence-electron chi connectivity index (χ3n) is 2.98. The lowest BCUT2D eigenvalue weighted by atomic mass is 9.94. The van der Waals surface area contributed by atoms with Crippen LogP contribution in [0.4, 0.5) is 0 Å². The highest BCUT2D eigenvalue weighted by Gasteiger charge is 2.10. The molecular formula is C14H27Cl. The molecule has 0 bridgehead atoms. The molecular weight excluding hydrogens is 204 g/mol. The van der Waals surface area contributed by atoms with E-state index in [1.54, 1.807) is 0 Å². The molecule has 0 radical (unpaired) electrons. The van der Waals surface area contributed by atoms with E-state index in [4.69, 9.17) is 11.6 Å². The zero-order chi connectivity index (χ0) is 11.5. The first kappa shape index (κ1) is 15.0. The summed E-state index contributed by atoms with van der Waals surface area (Å²) >= 11 is 6.25. The van der Waals surface area contributed by atoms with Gasteiger partial charge in [0.05, 0.1) is 0 Å². The van der Waals surface area contributed by atoms with Gasteiger partial charge >= 0.3 is 0 Å². The summed E-state index contributed by atoms with van der Waals surface area (Å²) in [6.07, 6.45) is 12.6. The Morgan fingerprint density at radius 3 is 1.80 bits per heavy atom. The Labute approximate surface area is 101 Å². The normalized spacial score (nSPS) is 12.5. The van der Waals surface area contributed by atoms with E-state index in [0.717, 1.165) is 5.03 Å². The topological polar surface area (TPSA) is 0 Å². The fraction of sp³-hybridized carbons (Fsp3) is 0.857. The maximum atomic E-state index is 6.25. The van der Waals surface area contributed by atoms with Gasteiger partial charge in [0.1, 0.15) is 0 Å². The van der Waals surface area contributed by atoms with E-state index in [1.807, 2.05) is 0 Å². The Hall–Kier alpha value is 0.0300. The first-order chi connectivity index (χ1) is 7.26. The molecule has 90 valence electrons. The SMILES string of the molecule is CC=C(Cl)C(CCCCC)CCCCC. The maximum Gasteiger partial charge on any atom is 0.0169 e. The second kappa shape index (κ2) is 10.5. The van der Waals surface area contributed by atoms with Gasteiger partial charge in [-0.15, -0.1) is 0 Å². The summed E-state index contributed by atoms with van der Waals surface area (Å²) in [5, 5.41) is 1.09. The summed E-state index contributed by atoms with van der Waals surface area (Å²) < 4.78 is 0. The lowest BCUT2D eigenvalue weighted by Gasteiger charge is -2.15. The second-order valence-electron chi connectivity index (χ2n) is 4.36. The molecule has 0 saturated heterocycles. The highest BCUT2D eigenvalue weighted by Crippen LogP contribution is 2.27. The van der Waals surface area contributed by atoms with Gasteiger partial charge in [-0.05, 0) is 25.7 Å². The van der Waals surface area contributed by atoms with Crippen LogP contribution in [-0.4, -0.2) is 0 Å². The van der Waals surface area contributed by atoms with E-state index in [1.165, 1.54) is 51.4 Å². The van der Waals surface area contributed by atoms with E-state index >= 15 is 0 Å². The Balaban J connectivity index is 3.85. The van der Waals surface area contributed by atoms with Crippen LogP contribution < -0.4 is 0 Å². The van der Waals surface area contributed by atoms with Crippen molar-refractivity contribution in [1.82, 2.24) is 0 Å². The molecule has 0 aromatic carbocycles. The van der Waals surface area contributed by atoms with Crippen LogP contribution >= 0.6 is 11.6 Å². The molecule has 0 aliphatic rings. The Bertz CT molecular complexity index is 151. The van der Waals surface area contributed by atoms with Crippen molar-refractivity contribution in [1.29, 1.82) is 0 Å². The average Bonchev–Trinajstić information content (AvgIpc) is 2.26. The van der Waals surface area contributed by atoms with Crippen LogP contribution in [0.1, 0.15) is 72.1 Å². The molecule has 1 heteroatoms. The number of rotatable bonds is 9. The van der Waals surface area contributed by atoms with Crippen LogP contribution in [0.2, 0.25) is 0 Å². The van der Waals surface area contributed by atoms with E-state index in [2.05, 4.69) is 26.8 Å². The molecule has 0 atom stereocenters. The largest absolute Gasteiger partial charge is 0.0892 e. The average molecular weight is 231 g/mol. The Kier molecular flexibility index (Phi) is 10.6. The van der Waals surface area contributed by atoms with Gasteiger partial charge in [-0.3, -0.25) is 0 Å². The molecule has 0 saturated carbocycles. The minimum atomic E-state index is 0.634. The summed E-state index contributed by atoms with van der Waals surface area (Å²) in [5.41, 5.74) is 0. The molecule has 0 fully saturated rings. The summed E-state index contributed by atoms with van der Waals surface area (Å²) in [6.45, 7) is 6.56. The maximum absolute atomic E-state index is 6.25. The van der Waals surface area contributed by atoms with Crippen molar-refractivity contribution in [3.63, 3.8) is 0 Å². The van der Waals surface area contributed by atoms with Gasteiger partial charge in [-0.2, -0.15) is 0 Å². The van der Waals surface area contributed by atoms with Crippen LogP contribution in [0.25, 0.3) is 0 Å². The summed E-state index contributed by atoms with van der Waals surface area (Å²) in [6, 6.07) is 0. The van der Waals surface area contributed by atoms with Gasteiger partial charge in [-0.1, -0.05) is 70.0 Å². The van der Waals surface area contributed by atoms with Crippen molar-refractivity contribution in [2.24, 2.45) is 5.92 Å². The molecule has 0 rings (SSSR count). The minimum Gasteiger partial charge on any atom is -0.0892 e. The molecule has 15 heavy (non-hydrogen) atoms. The number of hydrogen-bond acceptors (Lipinski definition) is 0. The van der Waals surface area contributed by atoms with Crippen molar-refractivity contribution < 1.29 is 0 Å². The molecule has 0 amide bonds. The summed E-state index contributed by atoms with van der Waals surface area (Å²) in [7, 11) is 0. The molecule has 0 heterocycles. The smallest absolute Gasteiger partial charge is 0.0169 e. The van der Waals surface area contributed by atoms with Crippen molar-refractivity contribution in [3.05, 3.63) is 11.1 Å². The van der Waals surface area contributed by atoms with E-state index in [-0.39, 0.29) is 0 Å². The molecule has 0 aliphatic heterocycles. The number of allylic oxidation sites excluding steroid dienone is 2. The third-order valence-corrected chi connectivity index (χ3v) is 3.50. The van der Waals surface area contributed by atoms with Gasteiger partial charge in [0.25, 0.3) is 0 Å². The third kappa shape index (κ3) is 7.90. The highest BCUT2D eigenvalue weighted by molar-refractivity contribution is 6.29. The van der Waals surface area contributed by atoms with Crippen molar-refractivity contribution >= 4 is 11.6 Å². The highest BCUT2D eigenvalue weighted by atomic mass is 35.5. The first-order valence-corrected chi connectivity index (χ1v) is 6.95. The molecule has 0 N–H and O–H groups in total. The summed E-state index contributed by atoms with van der Waals surface area (Å²) in [5.74, 6) is 0.634. The summed E-state index contributed by atoms with van der Waals surface area (Å²) in [4.78, 5) is 0. The van der Waals surface area contributed by atoms with Gasteiger partial charge in [0, 0.05) is 5.03 Å². The van der Waals surface area contributed by atoms with Gasteiger partial charge in [-0.25, -0.2) is 0 Å². The zero-order valence-corrected chi connectivity index (χ0v) is 11.4. The zero-order valence-electron chi connectivity index (χ0n) is 10.7. The van der Waals surface area contributed by atoms with Crippen LogP contribution in [0.15, 0.2) is 11.1 Å². The molecule has 0 aromatic heterocycles. The van der Waals surface area contributed by atoms with Crippen LogP contribution in [0.5, 0.6) is 0 Å². The van der Waals surface area contributed by atoms with Crippen molar-refractivity contribution in [2.75, 3.05) is 0 Å². The minimum absolute atomic E-state index is 0.634. The quantitative estimate of drug-likeness (QED) is 0.432. The van der Waals surface area contributed by atoms with Crippen LogP contribution in [-0.2, 0) is 0 Å². The number of halogens is 1. The molecule has 0 aromatic rings. The monoisotopic (exact) mass is 230 g/mol. The lowest BCUT2D eigenvalue weighted by Crippen LogP contribution is -2.01. The second-order valence-corrected chi connectivity index (χ2v) is 4.80. The fourth-order valence-corrected chi connectivity index (χ4v) is 2.16. The molecule has 0 aliphatic carbocycles. The first-order valence-electron chi connectivity index (χ1n) is 6.57. The molecule has 0 unspecified atom stereocenters. The predicted octanol–water partition coefficient (Wildman–Crippen LogP) is 5.91. The fourth-order valence-electron chi connectivity index (χ4n) is 1.94. The van der Waals surface area contributed by atoms with Gasteiger partial charge in [0.15, 0.2) is 0 Å². The lowest BCUT2D eigenvalue weighted by molar-refractivity contribution is 0.474.